The van der Waals surface area contributed by atoms with Crippen molar-refractivity contribution in [3.63, 3.8) is 0 Å². The van der Waals surface area contributed by atoms with Crippen LogP contribution in [0.4, 0.5) is 5.95 Å². The van der Waals surface area contributed by atoms with Crippen LogP contribution in [-0.2, 0) is 0 Å². The Morgan fingerprint density at radius 3 is 2.82 bits per heavy atom. The summed E-state index contributed by atoms with van der Waals surface area (Å²) in [6.07, 6.45) is 1.41. The molecular formula is C13H14N8O. The highest BCUT2D eigenvalue weighted by atomic mass is 16.2. The Balaban J connectivity index is 1.80. The summed E-state index contributed by atoms with van der Waals surface area (Å²) in [5.74, 6) is 0.285. The Morgan fingerprint density at radius 1 is 1.36 bits per heavy atom. The number of benzene rings is 1. The highest BCUT2D eigenvalue weighted by molar-refractivity contribution is 5.92. The van der Waals surface area contributed by atoms with Crippen LogP contribution in [0.25, 0.3) is 5.69 Å². The van der Waals surface area contributed by atoms with Gasteiger partial charge in [-0.05, 0) is 19.1 Å². The van der Waals surface area contributed by atoms with Crippen molar-refractivity contribution in [1.29, 1.82) is 0 Å². The number of rotatable bonds is 4. The molecule has 1 atom stereocenters. The van der Waals surface area contributed by atoms with Gasteiger partial charge < -0.3 is 11.1 Å². The van der Waals surface area contributed by atoms with Crippen LogP contribution in [0.3, 0.4) is 0 Å². The molecule has 2 aromatic heterocycles. The summed E-state index contributed by atoms with van der Waals surface area (Å²) >= 11 is 0. The van der Waals surface area contributed by atoms with Crippen molar-refractivity contribution in [2.24, 2.45) is 0 Å². The van der Waals surface area contributed by atoms with Gasteiger partial charge in [-0.3, -0.25) is 9.89 Å². The maximum Gasteiger partial charge on any atom is 0.272 e. The predicted octanol–water partition coefficient (Wildman–Crippen LogP) is 0.459. The Morgan fingerprint density at radius 2 is 2.14 bits per heavy atom. The van der Waals surface area contributed by atoms with Crippen molar-refractivity contribution in [1.82, 2.24) is 35.5 Å². The van der Waals surface area contributed by atoms with Crippen LogP contribution in [0, 0.1) is 0 Å². The molecule has 0 aliphatic rings. The molecule has 1 aromatic carbocycles. The zero-order valence-electron chi connectivity index (χ0n) is 11.8. The van der Waals surface area contributed by atoms with Gasteiger partial charge in [0, 0.05) is 0 Å². The van der Waals surface area contributed by atoms with E-state index >= 15 is 0 Å². The summed E-state index contributed by atoms with van der Waals surface area (Å²) in [7, 11) is 0. The Bertz CT molecular complexity index is 778. The van der Waals surface area contributed by atoms with E-state index in [-0.39, 0.29) is 17.9 Å². The fourth-order valence-electron chi connectivity index (χ4n) is 1.97. The molecule has 0 spiro atoms. The summed E-state index contributed by atoms with van der Waals surface area (Å²) in [6, 6.07) is 8.91. The second kappa shape index (κ2) is 5.64. The van der Waals surface area contributed by atoms with Crippen LogP contribution in [-0.4, -0.2) is 36.1 Å². The third kappa shape index (κ3) is 2.64. The molecule has 0 fully saturated rings. The molecule has 0 bridgehead atoms. The monoisotopic (exact) mass is 298 g/mol. The highest BCUT2D eigenvalue weighted by Gasteiger charge is 2.19. The molecule has 0 unspecified atom stereocenters. The van der Waals surface area contributed by atoms with E-state index in [9.17, 15) is 4.79 Å². The second-order valence-corrected chi connectivity index (χ2v) is 4.64. The molecule has 0 radical (unpaired) electrons. The summed E-state index contributed by atoms with van der Waals surface area (Å²) < 4.78 is 1.47. The molecule has 4 N–H and O–H groups in total. The molecule has 22 heavy (non-hydrogen) atoms. The molecule has 9 nitrogen and oxygen atoms in total. The number of anilines is 1. The van der Waals surface area contributed by atoms with Gasteiger partial charge in [-0.25, -0.2) is 4.68 Å². The zero-order chi connectivity index (χ0) is 15.5. The molecule has 0 aliphatic carbocycles. The summed E-state index contributed by atoms with van der Waals surface area (Å²) in [6.45, 7) is 1.77. The van der Waals surface area contributed by atoms with Crippen LogP contribution >= 0.6 is 0 Å². The van der Waals surface area contributed by atoms with Crippen molar-refractivity contribution in [3.8, 4) is 5.69 Å². The lowest BCUT2D eigenvalue weighted by molar-refractivity contribution is 0.0930. The van der Waals surface area contributed by atoms with E-state index in [2.05, 4.69) is 30.8 Å². The lowest BCUT2D eigenvalue weighted by Gasteiger charge is -2.11. The van der Waals surface area contributed by atoms with Gasteiger partial charge in [0.2, 0.25) is 5.95 Å². The molecule has 0 saturated heterocycles. The molecular weight excluding hydrogens is 284 g/mol. The van der Waals surface area contributed by atoms with Gasteiger partial charge in [0.1, 0.15) is 5.82 Å². The zero-order valence-corrected chi connectivity index (χ0v) is 11.8. The maximum absolute atomic E-state index is 12.4. The third-order valence-electron chi connectivity index (χ3n) is 3.06. The fraction of sp³-hybridized carbons (Fsp3) is 0.154. The molecule has 0 saturated carbocycles. The number of para-hydroxylation sites is 1. The third-order valence-corrected chi connectivity index (χ3v) is 3.06. The van der Waals surface area contributed by atoms with Gasteiger partial charge >= 0.3 is 0 Å². The molecule has 2 heterocycles. The second-order valence-electron chi connectivity index (χ2n) is 4.64. The smallest absolute Gasteiger partial charge is 0.272 e. The number of aromatic nitrogens is 6. The van der Waals surface area contributed by atoms with Gasteiger partial charge in [-0.15, -0.1) is 10.2 Å². The first-order chi connectivity index (χ1) is 10.6. The number of nitrogens with one attached hydrogen (secondary N) is 2. The molecule has 3 rings (SSSR count). The predicted molar refractivity (Wildman–Crippen MR) is 78.0 cm³/mol. The fourth-order valence-corrected chi connectivity index (χ4v) is 1.97. The number of amides is 1. The summed E-state index contributed by atoms with van der Waals surface area (Å²) in [5.41, 5.74) is 6.53. The molecule has 9 heteroatoms. The number of aromatic amines is 1. The number of nitrogens with zero attached hydrogens (tertiary/aromatic N) is 5. The minimum atomic E-state index is -0.378. The number of nitrogens with two attached hydrogens (primary N) is 1. The molecule has 112 valence electrons. The molecule has 3 aromatic rings. The SMILES string of the molecule is C[C@@H](NC(=O)c1cnnn1-c1ccccc1)c1nc(N)n[nH]1. The lowest BCUT2D eigenvalue weighted by atomic mass is 10.3. The van der Waals surface area contributed by atoms with E-state index in [1.807, 2.05) is 30.3 Å². The van der Waals surface area contributed by atoms with Crippen LogP contribution < -0.4 is 11.1 Å². The van der Waals surface area contributed by atoms with Gasteiger partial charge in [-0.1, -0.05) is 23.4 Å². The van der Waals surface area contributed by atoms with Crippen molar-refractivity contribution < 1.29 is 4.79 Å². The van der Waals surface area contributed by atoms with Crippen molar-refractivity contribution in [2.75, 3.05) is 5.73 Å². The van der Waals surface area contributed by atoms with E-state index in [1.165, 1.54) is 10.9 Å². The van der Waals surface area contributed by atoms with E-state index in [0.29, 0.717) is 11.5 Å². The Kier molecular flexibility index (Phi) is 3.52. The largest absolute Gasteiger partial charge is 0.367 e. The topological polar surface area (TPSA) is 127 Å². The number of carbonyl (C=O) groups excluding carboxylic acids is 1. The minimum absolute atomic E-state index is 0.132. The minimum Gasteiger partial charge on any atom is -0.367 e. The first-order valence-corrected chi connectivity index (χ1v) is 6.60. The summed E-state index contributed by atoms with van der Waals surface area (Å²) in [4.78, 5) is 16.4. The lowest BCUT2D eigenvalue weighted by Crippen LogP contribution is -2.29. The molecule has 1 amide bonds. The maximum atomic E-state index is 12.4. The van der Waals surface area contributed by atoms with Crippen LogP contribution in [0.5, 0.6) is 0 Å². The average Bonchev–Trinajstić information content (AvgIpc) is 3.16. The van der Waals surface area contributed by atoms with Gasteiger partial charge in [0.05, 0.1) is 17.9 Å². The van der Waals surface area contributed by atoms with Gasteiger partial charge in [-0.2, -0.15) is 4.98 Å². The Labute approximate surface area is 125 Å². The van der Waals surface area contributed by atoms with E-state index in [1.54, 1.807) is 6.92 Å². The number of H-pyrrole nitrogens is 1. The van der Waals surface area contributed by atoms with Crippen molar-refractivity contribution in [2.45, 2.75) is 13.0 Å². The van der Waals surface area contributed by atoms with E-state index in [0.717, 1.165) is 5.69 Å². The molecule has 0 aliphatic heterocycles. The highest BCUT2D eigenvalue weighted by Crippen LogP contribution is 2.11. The Hall–Kier alpha value is -3.23. The van der Waals surface area contributed by atoms with Crippen LogP contribution in [0.15, 0.2) is 36.5 Å². The van der Waals surface area contributed by atoms with Gasteiger partial charge in [0.15, 0.2) is 5.69 Å². The van der Waals surface area contributed by atoms with Crippen molar-refractivity contribution >= 4 is 11.9 Å². The average molecular weight is 298 g/mol. The van der Waals surface area contributed by atoms with Crippen molar-refractivity contribution in [3.05, 3.63) is 48.0 Å². The normalized spacial score (nSPS) is 12.0. The first kappa shape index (κ1) is 13.7. The van der Waals surface area contributed by atoms with E-state index < -0.39 is 0 Å². The van der Waals surface area contributed by atoms with E-state index in [4.69, 9.17) is 5.73 Å². The first-order valence-electron chi connectivity index (χ1n) is 6.60. The summed E-state index contributed by atoms with van der Waals surface area (Å²) in [5, 5.41) is 16.9. The van der Waals surface area contributed by atoms with Gasteiger partial charge in [0.25, 0.3) is 5.91 Å². The van der Waals surface area contributed by atoms with Crippen LogP contribution in [0.1, 0.15) is 29.3 Å². The number of hydrogen-bond acceptors (Lipinski definition) is 6. The standard InChI is InChI=1S/C13H14N8O/c1-8(11-17-13(14)19-18-11)16-12(22)10-7-15-20-21(10)9-5-3-2-4-6-9/h2-8H,1H3,(H,16,22)(H3,14,17,18,19)/t8-/m1/s1. The number of carbonyl (C=O) groups is 1. The quantitative estimate of drug-likeness (QED) is 0.642. The number of nitrogen functional groups attached to an aromatic ring is 1. The number of hydrogen-bond donors (Lipinski definition) is 3. The van der Waals surface area contributed by atoms with Crippen LogP contribution in [0.2, 0.25) is 0 Å².